The van der Waals surface area contributed by atoms with Gasteiger partial charge in [-0.3, -0.25) is 13.9 Å². The van der Waals surface area contributed by atoms with Crippen LogP contribution in [0.5, 0.6) is 0 Å². The van der Waals surface area contributed by atoms with E-state index in [-0.39, 0.29) is 17.7 Å². The van der Waals surface area contributed by atoms with Crippen LogP contribution in [0.4, 0.5) is 5.69 Å². The summed E-state index contributed by atoms with van der Waals surface area (Å²) in [6.07, 6.45) is 3.39. The quantitative estimate of drug-likeness (QED) is 0.845. The Bertz CT molecular complexity index is 822. The number of amides is 2. The maximum Gasteiger partial charge on any atom is 0.253 e. The van der Waals surface area contributed by atoms with Crippen molar-refractivity contribution in [3.8, 4) is 0 Å². The Morgan fingerprint density at radius 3 is 2.73 bits per heavy atom. The van der Waals surface area contributed by atoms with Gasteiger partial charge < -0.3 is 10.2 Å². The van der Waals surface area contributed by atoms with Crippen LogP contribution in [0.3, 0.4) is 0 Å². The Hall–Kier alpha value is -2.09. The molecule has 1 N–H and O–H groups in total. The Morgan fingerprint density at radius 2 is 2.04 bits per heavy atom. The first-order chi connectivity index (χ1) is 12.3. The van der Waals surface area contributed by atoms with Gasteiger partial charge in [0, 0.05) is 31.7 Å². The molecule has 2 amide bonds. The number of carbonyl (C=O) groups excluding carboxylic acids is 2. The Morgan fingerprint density at radius 1 is 1.27 bits per heavy atom. The fraction of sp³-hybridized carbons (Fsp3) is 0.556. The Balaban J connectivity index is 1.76. The van der Waals surface area contributed by atoms with Crippen molar-refractivity contribution in [3.63, 3.8) is 0 Å². The minimum absolute atomic E-state index is 0.00254. The molecule has 1 aromatic carbocycles. The molecule has 2 aliphatic rings. The molecule has 0 unspecified atom stereocenters. The zero-order chi connectivity index (χ0) is 18.9. The fourth-order valence-corrected chi connectivity index (χ4v) is 4.68. The van der Waals surface area contributed by atoms with Crippen LogP contribution in [0.1, 0.15) is 35.7 Å². The van der Waals surface area contributed by atoms with Crippen molar-refractivity contribution in [2.45, 2.75) is 26.2 Å². The first-order valence-electron chi connectivity index (χ1n) is 8.99. The molecule has 3 rings (SSSR count). The molecule has 0 radical (unpaired) electrons. The number of sulfonamides is 1. The van der Waals surface area contributed by atoms with Gasteiger partial charge in [0.25, 0.3) is 5.91 Å². The van der Waals surface area contributed by atoms with Crippen molar-refractivity contribution in [3.05, 3.63) is 29.3 Å². The Labute approximate surface area is 154 Å². The second-order valence-corrected chi connectivity index (χ2v) is 8.82. The van der Waals surface area contributed by atoms with Gasteiger partial charge in [-0.05, 0) is 49.9 Å². The minimum Gasteiger partial charge on any atom is -0.356 e. The van der Waals surface area contributed by atoms with Crippen LogP contribution in [0.2, 0.25) is 0 Å². The third-order valence-corrected chi connectivity index (χ3v) is 6.19. The normalized spacial score (nSPS) is 20.0. The largest absolute Gasteiger partial charge is 0.356 e. The number of anilines is 1. The summed E-state index contributed by atoms with van der Waals surface area (Å²) in [5, 5.41) is 2.83. The molecule has 0 aromatic heterocycles. The minimum atomic E-state index is -3.30. The van der Waals surface area contributed by atoms with Gasteiger partial charge in [0.05, 0.1) is 17.9 Å². The van der Waals surface area contributed by atoms with Crippen molar-refractivity contribution in [2.24, 2.45) is 5.92 Å². The lowest BCUT2D eigenvalue weighted by molar-refractivity contribution is -0.126. The molecule has 8 heteroatoms. The van der Waals surface area contributed by atoms with Gasteiger partial charge >= 0.3 is 0 Å². The lowest BCUT2D eigenvalue weighted by Gasteiger charge is -2.32. The maximum absolute atomic E-state index is 12.9. The number of hydrogen-bond donors (Lipinski definition) is 1. The number of nitrogens with one attached hydrogen (secondary N) is 1. The molecule has 0 aliphatic carbocycles. The van der Waals surface area contributed by atoms with E-state index < -0.39 is 10.0 Å². The second kappa shape index (κ2) is 7.26. The average molecular weight is 379 g/mol. The summed E-state index contributed by atoms with van der Waals surface area (Å²) in [4.78, 5) is 26.7. The highest BCUT2D eigenvalue weighted by molar-refractivity contribution is 7.92. The molecule has 0 spiro atoms. The van der Waals surface area contributed by atoms with Crippen LogP contribution in [-0.2, 0) is 21.2 Å². The molecular weight excluding hydrogens is 354 g/mol. The first kappa shape index (κ1) is 18.7. The summed E-state index contributed by atoms with van der Waals surface area (Å²) in [7, 11) is -3.30. The third kappa shape index (κ3) is 3.70. The second-order valence-electron chi connectivity index (χ2n) is 6.91. The van der Waals surface area contributed by atoms with Crippen molar-refractivity contribution >= 4 is 27.5 Å². The lowest BCUT2D eigenvalue weighted by atomic mass is 9.96. The Kier molecular flexibility index (Phi) is 5.22. The van der Waals surface area contributed by atoms with E-state index in [9.17, 15) is 18.0 Å². The smallest absolute Gasteiger partial charge is 0.253 e. The number of benzene rings is 1. The number of carbonyl (C=O) groups is 2. The summed E-state index contributed by atoms with van der Waals surface area (Å²) >= 11 is 0. The van der Waals surface area contributed by atoms with Gasteiger partial charge in [-0.25, -0.2) is 8.42 Å². The monoisotopic (exact) mass is 379 g/mol. The van der Waals surface area contributed by atoms with E-state index in [2.05, 4.69) is 5.32 Å². The summed E-state index contributed by atoms with van der Waals surface area (Å²) in [5.74, 6) is -0.259. The van der Waals surface area contributed by atoms with Crippen LogP contribution < -0.4 is 9.62 Å². The molecule has 1 saturated heterocycles. The molecule has 0 bridgehead atoms. The molecule has 1 aromatic rings. The molecule has 1 atom stereocenters. The van der Waals surface area contributed by atoms with Crippen molar-refractivity contribution in [2.75, 3.05) is 36.7 Å². The predicted octanol–water partition coefficient (Wildman–Crippen LogP) is 0.997. The highest BCUT2D eigenvalue weighted by atomic mass is 32.2. The summed E-state index contributed by atoms with van der Waals surface area (Å²) in [5.41, 5.74) is 2.08. The molecule has 1 fully saturated rings. The standard InChI is InChI=1S/C18H25N3O4S/c1-3-19-17(22)15-5-4-9-20(12-15)18(23)14-6-7-16-13(11-14)8-10-21(16)26(2,24)25/h6-7,11,15H,3-5,8-10,12H2,1-2H3,(H,19,22)/t15-/m1/s1. The molecule has 26 heavy (non-hydrogen) atoms. The molecule has 7 nitrogen and oxygen atoms in total. The molecule has 142 valence electrons. The summed E-state index contributed by atoms with van der Waals surface area (Å²) in [6, 6.07) is 5.18. The average Bonchev–Trinajstić information content (AvgIpc) is 3.05. The topological polar surface area (TPSA) is 86.8 Å². The van der Waals surface area contributed by atoms with Crippen LogP contribution in [0.25, 0.3) is 0 Å². The summed E-state index contributed by atoms with van der Waals surface area (Å²) < 4.78 is 25.0. The van der Waals surface area contributed by atoms with E-state index in [0.29, 0.717) is 43.9 Å². The van der Waals surface area contributed by atoms with E-state index >= 15 is 0 Å². The lowest BCUT2D eigenvalue weighted by Crippen LogP contribution is -2.45. The van der Waals surface area contributed by atoms with Crippen LogP contribution >= 0.6 is 0 Å². The van der Waals surface area contributed by atoms with Gasteiger partial charge in [0.15, 0.2) is 0 Å². The number of fused-ring (bicyclic) bond motifs is 1. The molecule has 0 saturated carbocycles. The van der Waals surface area contributed by atoms with Crippen LogP contribution in [-0.4, -0.2) is 57.6 Å². The predicted molar refractivity (Wildman–Crippen MR) is 99.6 cm³/mol. The zero-order valence-electron chi connectivity index (χ0n) is 15.2. The van der Waals surface area contributed by atoms with Gasteiger partial charge in [0.2, 0.25) is 15.9 Å². The number of rotatable bonds is 4. The number of likely N-dealkylation sites (tertiary alicyclic amines) is 1. The number of hydrogen-bond acceptors (Lipinski definition) is 4. The van der Waals surface area contributed by atoms with Gasteiger partial charge in [0.1, 0.15) is 0 Å². The maximum atomic E-state index is 12.9. The van der Waals surface area contributed by atoms with E-state index in [1.165, 1.54) is 10.6 Å². The molecule has 2 heterocycles. The van der Waals surface area contributed by atoms with E-state index in [1.54, 1.807) is 23.1 Å². The molecular formula is C18H25N3O4S. The van der Waals surface area contributed by atoms with Crippen LogP contribution in [0.15, 0.2) is 18.2 Å². The van der Waals surface area contributed by atoms with Crippen molar-refractivity contribution in [1.82, 2.24) is 10.2 Å². The van der Waals surface area contributed by atoms with E-state index in [1.807, 2.05) is 6.92 Å². The summed E-state index contributed by atoms with van der Waals surface area (Å²) in [6.45, 7) is 3.95. The van der Waals surface area contributed by atoms with Crippen LogP contribution in [0, 0.1) is 5.92 Å². The van der Waals surface area contributed by atoms with E-state index in [4.69, 9.17) is 0 Å². The highest BCUT2D eigenvalue weighted by Crippen LogP contribution is 2.31. The van der Waals surface area contributed by atoms with Crippen molar-refractivity contribution < 1.29 is 18.0 Å². The number of nitrogens with zero attached hydrogens (tertiary/aromatic N) is 2. The van der Waals surface area contributed by atoms with Crippen molar-refractivity contribution in [1.29, 1.82) is 0 Å². The van der Waals surface area contributed by atoms with E-state index in [0.717, 1.165) is 18.4 Å². The fourth-order valence-electron chi connectivity index (χ4n) is 3.73. The zero-order valence-corrected chi connectivity index (χ0v) is 16.0. The SMILES string of the molecule is CCNC(=O)[C@@H]1CCCN(C(=O)c2ccc3c(c2)CCN3S(C)(=O)=O)C1. The first-order valence-corrected chi connectivity index (χ1v) is 10.8. The third-order valence-electron chi connectivity index (χ3n) is 5.01. The van der Waals surface area contributed by atoms with Gasteiger partial charge in [-0.2, -0.15) is 0 Å². The van der Waals surface area contributed by atoms with Gasteiger partial charge in [-0.15, -0.1) is 0 Å². The molecule has 2 aliphatic heterocycles. The van der Waals surface area contributed by atoms with Gasteiger partial charge in [-0.1, -0.05) is 0 Å². The highest BCUT2D eigenvalue weighted by Gasteiger charge is 2.30. The number of piperidine rings is 1.